The number of amides is 1. The van der Waals surface area contributed by atoms with E-state index >= 15 is 0 Å². The van der Waals surface area contributed by atoms with E-state index in [9.17, 15) is 4.79 Å². The molecule has 0 saturated heterocycles. The Kier molecular flexibility index (Phi) is 3.55. The molecule has 17 heavy (non-hydrogen) atoms. The highest BCUT2D eigenvalue weighted by Gasteiger charge is 2.19. The second kappa shape index (κ2) is 5.11. The van der Waals surface area contributed by atoms with Crippen LogP contribution in [0.15, 0.2) is 24.3 Å². The second-order valence-electron chi connectivity index (χ2n) is 3.46. The number of aliphatic hydroxyl groups is 1. The molecule has 0 aliphatic carbocycles. The van der Waals surface area contributed by atoms with E-state index in [1.54, 1.807) is 0 Å². The van der Waals surface area contributed by atoms with Crippen molar-refractivity contribution in [3.8, 4) is 0 Å². The molecule has 6 heteroatoms. The van der Waals surface area contributed by atoms with Crippen molar-refractivity contribution in [2.45, 2.75) is 12.5 Å². The van der Waals surface area contributed by atoms with E-state index in [0.717, 1.165) is 10.2 Å². The number of rotatable bonds is 4. The van der Waals surface area contributed by atoms with Crippen LogP contribution >= 0.6 is 11.3 Å². The lowest BCUT2D eigenvalue weighted by Crippen LogP contribution is -2.18. The molecule has 0 aliphatic rings. The van der Waals surface area contributed by atoms with Gasteiger partial charge in [0.05, 0.1) is 10.2 Å². The molecule has 0 spiro atoms. The van der Waals surface area contributed by atoms with E-state index in [2.05, 4.69) is 4.98 Å². The van der Waals surface area contributed by atoms with Gasteiger partial charge in [-0.05, 0) is 12.1 Å². The van der Waals surface area contributed by atoms with Gasteiger partial charge < -0.3 is 15.6 Å². The quantitative estimate of drug-likeness (QED) is 0.869. The number of para-hydroxylation sites is 1. The third kappa shape index (κ3) is 2.72. The minimum absolute atomic E-state index is 0.0894. The molecule has 0 bridgehead atoms. The minimum Gasteiger partial charge on any atom is -0.439 e. The Hall–Kier alpha value is -1.66. The summed E-state index contributed by atoms with van der Waals surface area (Å²) in [5.74, 6) is 0. The molecule has 1 atom stereocenters. The predicted octanol–water partition coefficient (Wildman–Crippen LogP) is 1.82. The van der Waals surface area contributed by atoms with Crippen molar-refractivity contribution >= 4 is 27.6 Å². The third-order valence-electron chi connectivity index (χ3n) is 2.24. The molecule has 1 heterocycles. The van der Waals surface area contributed by atoms with Gasteiger partial charge in [-0.1, -0.05) is 12.1 Å². The third-order valence-corrected chi connectivity index (χ3v) is 3.36. The molecule has 0 fully saturated rings. The van der Waals surface area contributed by atoms with Crippen molar-refractivity contribution in [2.24, 2.45) is 5.73 Å². The normalized spacial score (nSPS) is 12.5. The Morgan fingerprint density at radius 1 is 1.53 bits per heavy atom. The van der Waals surface area contributed by atoms with Crippen LogP contribution in [0.3, 0.4) is 0 Å². The van der Waals surface area contributed by atoms with Crippen molar-refractivity contribution < 1.29 is 14.6 Å². The average Bonchev–Trinajstić information content (AvgIpc) is 2.71. The molecule has 2 aromatic rings. The lowest BCUT2D eigenvalue weighted by molar-refractivity contribution is 0.0877. The molecule has 1 aromatic heterocycles. The Morgan fingerprint density at radius 3 is 2.94 bits per heavy atom. The van der Waals surface area contributed by atoms with E-state index in [1.165, 1.54) is 11.3 Å². The highest BCUT2D eigenvalue weighted by atomic mass is 32.1. The number of carbonyl (C=O) groups excluding carboxylic acids is 1. The predicted molar refractivity (Wildman–Crippen MR) is 64.7 cm³/mol. The van der Waals surface area contributed by atoms with Crippen LogP contribution < -0.4 is 5.73 Å². The van der Waals surface area contributed by atoms with E-state index in [1.807, 2.05) is 24.3 Å². The summed E-state index contributed by atoms with van der Waals surface area (Å²) >= 11 is 1.43. The van der Waals surface area contributed by atoms with Crippen LogP contribution in [0.2, 0.25) is 0 Å². The first kappa shape index (κ1) is 11.8. The Bertz CT molecular complexity index is 493. The molecule has 5 nitrogen and oxygen atoms in total. The van der Waals surface area contributed by atoms with Gasteiger partial charge in [0.25, 0.3) is 0 Å². The Labute approximate surface area is 102 Å². The zero-order valence-electron chi connectivity index (χ0n) is 9.00. The minimum atomic E-state index is -0.859. The van der Waals surface area contributed by atoms with Crippen LogP contribution in [0.1, 0.15) is 17.5 Å². The smallest absolute Gasteiger partial charge is 0.405 e. The number of ether oxygens (including phenoxy) is 1. The number of carbonyl (C=O) groups is 1. The molecule has 1 aromatic carbocycles. The molecule has 0 radical (unpaired) electrons. The van der Waals surface area contributed by atoms with E-state index in [-0.39, 0.29) is 6.61 Å². The number of nitrogens with zero attached hydrogens (tertiary/aromatic N) is 1. The molecular formula is C11H12N2O3S. The zero-order valence-corrected chi connectivity index (χ0v) is 9.81. The summed E-state index contributed by atoms with van der Waals surface area (Å²) < 4.78 is 5.95. The van der Waals surface area contributed by atoms with Gasteiger partial charge in [0.15, 0.2) is 6.10 Å². The number of nitrogens with two attached hydrogens (primary N) is 1. The Balaban J connectivity index is 2.31. The number of fused-ring (bicyclic) bond motifs is 1. The molecule has 1 unspecified atom stereocenters. The summed E-state index contributed by atoms with van der Waals surface area (Å²) in [5, 5.41) is 9.58. The highest BCUT2D eigenvalue weighted by Crippen LogP contribution is 2.29. The van der Waals surface area contributed by atoms with E-state index in [4.69, 9.17) is 15.6 Å². The average molecular weight is 252 g/mol. The first-order valence-corrected chi connectivity index (χ1v) is 5.95. The number of primary amides is 1. The maximum absolute atomic E-state index is 10.8. The molecule has 0 saturated carbocycles. The maximum Gasteiger partial charge on any atom is 0.405 e. The summed E-state index contributed by atoms with van der Waals surface area (Å²) in [6, 6.07) is 7.63. The van der Waals surface area contributed by atoms with E-state index in [0.29, 0.717) is 11.4 Å². The van der Waals surface area contributed by atoms with Crippen molar-refractivity contribution in [3.63, 3.8) is 0 Å². The topological polar surface area (TPSA) is 85.4 Å². The maximum atomic E-state index is 10.8. The van der Waals surface area contributed by atoms with Gasteiger partial charge in [0.2, 0.25) is 0 Å². The van der Waals surface area contributed by atoms with Crippen LogP contribution in [-0.4, -0.2) is 22.8 Å². The number of hydrogen-bond acceptors (Lipinski definition) is 5. The largest absolute Gasteiger partial charge is 0.439 e. The monoisotopic (exact) mass is 252 g/mol. The van der Waals surface area contributed by atoms with Crippen LogP contribution in [0.5, 0.6) is 0 Å². The van der Waals surface area contributed by atoms with Gasteiger partial charge in [-0.25, -0.2) is 9.78 Å². The van der Waals surface area contributed by atoms with E-state index < -0.39 is 12.2 Å². The molecule has 1 amide bonds. The first-order valence-electron chi connectivity index (χ1n) is 5.13. The van der Waals surface area contributed by atoms with Crippen molar-refractivity contribution in [1.29, 1.82) is 0 Å². The van der Waals surface area contributed by atoms with Gasteiger partial charge in [-0.2, -0.15) is 0 Å². The standard InChI is InChI=1S/C11H12N2O3S/c12-11(15)16-8(5-6-14)10-13-7-3-1-2-4-9(7)17-10/h1-4,8,14H,5-6H2,(H2,12,15). The number of hydrogen-bond donors (Lipinski definition) is 2. The first-order chi connectivity index (χ1) is 8.20. The zero-order chi connectivity index (χ0) is 12.3. The van der Waals surface area contributed by atoms with Gasteiger partial charge >= 0.3 is 6.09 Å². The number of aliphatic hydroxyl groups excluding tert-OH is 1. The molecule has 3 N–H and O–H groups in total. The van der Waals surface area contributed by atoms with Crippen LogP contribution in [0, 0.1) is 0 Å². The molecular weight excluding hydrogens is 240 g/mol. The van der Waals surface area contributed by atoms with Crippen molar-refractivity contribution in [3.05, 3.63) is 29.3 Å². The summed E-state index contributed by atoms with van der Waals surface area (Å²) in [5.41, 5.74) is 5.84. The van der Waals surface area contributed by atoms with Gasteiger partial charge in [0, 0.05) is 13.0 Å². The fourth-order valence-electron chi connectivity index (χ4n) is 1.52. The highest BCUT2D eigenvalue weighted by molar-refractivity contribution is 7.18. The molecule has 0 aliphatic heterocycles. The van der Waals surface area contributed by atoms with Crippen LogP contribution in [-0.2, 0) is 4.74 Å². The SMILES string of the molecule is NC(=O)OC(CCO)c1nc2ccccc2s1. The van der Waals surface area contributed by atoms with Gasteiger partial charge in [0.1, 0.15) is 5.01 Å². The fourth-order valence-corrected chi connectivity index (χ4v) is 2.55. The van der Waals surface area contributed by atoms with Crippen LogP contribution in [0.4, 0.5) is 4.79 Å². The summed E-state index contributed by atoms with van der Waals surface area (Å²) in [4.78, 5) is 15.1. The van der Waals surface area contributed by atoms with Gasteiger partial charge in [-0.3, -0.25) is 0 Å². The van der Waals surface area contributed by atoms with Gasteiger partial charge in [-0.15, -0.1) is 11.3 Å². The number of thiazole rings is 1. The van der Waals surface area contributed by atoms with Crippen molar-refractivity contribution in [2.75, 3.05) is 6.61 Å². The van der Waals surface area contributed by atoms with Crippen LogP contribution in [0.25, 0.3) is 10.2 Å². The molecule has 90 valence electrons. The molecule has 2 rings (SSSR count). The lowest BCUT2D eigenvalue weighted by Gasteiger charge is -2.11. The lowest BCUT2D eigenvalue weighted by atomic mass is 10.3. The Morgan fingerprint density at radius 2 is 2.29 bits per heavy atom. The fraction of sp³-hybridized carbons (Fsp3) is 0.273. The number of aromatic nitrogens is 1. The summed E-state index contributed by atoms with van der Waals surface area (Å²) in [6.45, 7) is -0.0894. The second-order valence-corrected chi connectivity index (χ2v) is 4.52. The summed E-state index contributed by atoms with van der Waals surface area (Å²) in [6.07, 6.45) is -1.14. The summed E-state index contributed by atoms with van der Waals surface area (Å²) in [7, 11) is 0. The van der Waals surface area contributed by atoms with Crippen molar-refractivity contribution in [1.82, 2.24) is 4.98 Å². The number of benzene rings is 1.